The predicted octanol–water partition coefficient (Wildman–Crippen LogP) is 4.49. The van der Waals surface area contributed by atoms with Crippen LogP contribution in [0.5, 0.6) is 11.5 Å². The van der Waals surface area contributed by atoms with E-state index in [2.05, 4.69) is 4.74 Å². The Hall–Kier alpha value is -2.21. The van der Waals surface area contributed by atoms with Crippen LogP contribution in [0.3, 0.4) is 0 Å². The zero-order valence-corrected chi connectivity index (χ0v) is 12.0. The molecule has 0 aliphatic heterocycles. The molecule has 0 saturated carbocycles. The Bertz CT molecular complexity index is 726. The van der Waals surface area contributed by atoms with Gasteiger partial charge in [0.2, 0.25) is 0 Å². The van der Waals surface area contributed by atoms with Crippen LogP contribution in [0.1, 0.15) is 5.56 Å². The molecule has 7 heteroatoms. The third-order valence-corrected chi connectivity index (χ3v) is 3.30. The number of aryl methyl sites for hydroxylation is 1. The number of carbonyl (C=O) groups is 1. The van der Waals surface area contributed by atoms with Gasteiger partial charge in [-0.25, -0.2) is 4.79 Å². The highest BCUT2D eigenvalue weighted by atomic mass is 35.5. The van der Waals surface area contributed by atoms with Crippen LogP contribution in [0.2, 0.25) is 5.02 Å². The molecule has 0 aliphatic carbocycles. The van der Waals surface area contributed by atoms with Crippen molar-refractivity contribution in [2.24, 2.45) is 0 Å². The maximum absolute atomic E-state index is 12.4. The Morgan fingerprint density at radius 2 is 1.77 bits per heavy atom. The van der Waals surface area contributed by atoms with Gasteiger partial charge in [-0.3, -0.25) is 0 Å². The average molecular weight is 331 g/mol. The van der Waals surface area contributed by atoms with Crippen LogP contribution in [0, 0.1) is 6.92 Å². The number of alkyl halides is 3. The maximum Gasteiger partial charge on any atom is 0.491 e. The van der Waals surface area contributed by atoms with Crippen LogP contribution >= 0.6 is 11.6 Å². The Morgan fingerprint density at radius 3 is 2.36 bits per heavy atom. The minimum Gasteiger partial charge on any atom is -0.506 e. The Morgan fingerprint density at radius 1 is 1.14 bits per heavy atom. The van der Waals surface area contributed by atoms with Gasteiger partial charge >= 0.3 is 12.1 Å². The molecule has 0 saturated heterocycles. The number of phenolic OH excluding ortho intramolecular Hbond substituents is 1. The fourth-order valence-electron chi connectivity index (χ4n) is 1.88. The second-order valence-electron chi connectivity index (χ2n) is 4.48. The number of phenols is 1. The first-order valence-electron chi connectivity index (χ1n) is 6.08. The molecular weight excluding hydrogens is 321 g/mol. The van der Waals surface area contributed by atoms with E-state index in [1.165, 1.54) is 12.1 Å². The Kier molecular flexibility index (Phi) is 4.32. The smallest absolute Gasteiger partial charge is 0.491 e. The molecule has 2 aromatic rings. The maximum atomic E-state index is 12.4. The molecule has 0 unspecified atom stereocenters. The number of carbonyl (C=O) groups excluding carboxylic acids is 1. The normalized spacial score (nSPS) is 11.3. The lowest BCUT2D eigenvalue weighted by Gasteiger charge is -2.15. The summed E-state index contributed by atoms with van der Waals surface area (Å²) in [4.78, 5) is 11.1. The van der Waals surface area contributed by atoms with Crippen LogP contribution in [-0.2, 0) is 4.79 Å². The van der Waals surface area contributed by atoms with E-state index in [0.717, 1.165) is 5.56 Å². The van der Waals surface area contributed by atoms with Gasteiger partial charge in [0.25, 0.3) is 0 Å². The van der Waals surface area contributed by atoms with Crippen molar-refractivity contribution < 1.29 is 27.8 Å². The van der Waals surface area contributed by atoms with Crippen LogP contribution in [-0.4, -0.2) is 17.3 Å². The van der Waals surface area contributed by atoms with Crippen molar-refractivity contribution in [3.05, 3.63) is 47.0 Å². The summed E-state index contributed by atoms with van der Waals surface area (Å²) in [6, 6.07) is 9.37. The molecule has 0 heterocycles. The molecule has 3 nitrogen and oxygen atoms in total. The predicted molar refractivity (Wildman–Crippen MR) is 75.0 cm³/mol. The summed E-state index contributed by atoms with van der Waals surface area (Å²) in [6.45, 7) is 1.74. The minimum absolute atomic E-state index is 0.179. The lowest BCUT2D eigenvalue weighted by atomic mass is 9.99. The monoisotopic (exact) mass is 330 g/mol. The molecule has 1 N–H and O–H groups in total. The second kappa shape index (κ2) is 5.88. The van der Waals surface area contributed by atoms with E-state index >= 15 is 0 Å². The van der Waals surface area contributed by atoms with Gasteiger partial charge in [-0.05, 0) is 30.2 Å². The number of aromatic hydroxyl groups is 1. The number of hydrogen-bond acceptors (Lipinski definition) is 3. The van der Waals surface area contributed by atoms with Gasteiger partial charge in [0, 0.05) is 5.56 Å². The number of benzene rings is 2. The SMILES string of the molecule is Cc1ccccc1-c1ccc(O)c(Cl)c1OC(=O)C(F)(F)F. The summed E-state index contributed by atoms with van der Waals surface area (Å²) in [5.41, 5.74) is 1.46. The first-order chi connectivity index (χ1) is 10.2. The Labute approximate surface area is 128 Å². The molecule has 0 aliphatic rings. The molecule has 0 radical (unpaired) electrons. The standard InChI is InChI=1S/C15H10ClF3O3/c1-8-4-2-3-5-9(8)10-6-7-11(20)12(16)13(10)22-14(21)15(17,18)19/h2-7,20H,1H3. The highest BCUT2D eigenvalue weighted by Crippen LogP contribution is 2.43. The molecule has 116 valence electrons. The molecule has 0 aromatic heterocycles. The molecule has 2 aromatic carbocycles. The van der Waals surface area contributed by atoms with Gasteiger partial charge < -0.3 is 9.84 Å². The van der Waals surface area contributed by atoms with Crippen molar-refractivity contribution in [1.29, 1.82) is 0 Å². The molecule has 0 atom stereocenters. The third-order valence-electron chi connectivity index (χ3n) is 2.94. The summed E-state index contributed by atoms with van der Waals surface area (Å²) in [5, 5.41) is 9.09. The van der Waals surface area contributed by atoms with Crippen LogP contribution in [0.15, 0.2) is 36.4 Å². The van der Waals surface area contributed by atoms with Crippen LogP contribution in [0.4, 0.5) is 13.2 Å². The van der Waals surface area contributed by atoms with Crippen LogP contribution in [0.25, 0.3) is 11.1 Å². The second-order valence-corrected chi connectivity index (χ2v) is 4.86. The summed E-state index contributed by atoms with van der Waals surface area (Å²) in [5.74, 6) is -3.42. The minimum atomic E-state index is -5.17. The number of hydrogen-bond donors (Lipinski definition) is 1. The number of ether oxygens (including phenoxy) is 1. The zero-order chi connectivity index (χ0) is 16.5. The molecular formula is C15H10ClF3O3. The molecule has 22 heavy (non-hydrogen) atoms. The van der Waals surface area contributed by atoms with E-state index in [9.17, 15) is 23.1 Å². The van der Waals surface area contributed by atoms with Gasteiger partial charge in [-0.15, -0.1) is 0 Å². The number of esters is 1. The van der Waals surface area contributed by atoms with E-state index in [4.69, 9.17) is 11.6 Å². The highest BCUT2D eigenvalue weighted by Gasteiger charge is 2.42. The van der Waals surface area contributed by atoms with E-state index in [1.54, 1.807) is 31.2 Å². The van der Waals surface area contributed by atoms with Gasteiger partial charge in [-0.2, -0.15) is 13.2 Å². The van der Waals surface area contributed by atoms with Crippen LogP contribution < -0.4 is 4.74 Å². The van der Waals surface area contributed by atoms with Gasteiger partial charge in [-0.1, -0.05) is 35.9 Å². The molecule has 2 rings (SSSR count). The Balaban J connectivity index is 2.59. The fourth-order valence-corrected chi connectivity index (χ4v) is 2.09. The van der Waals surface area contributed by atoms with Gasteiger partial charge in [0.1, 0.15) is 10.8 Å². The molecule has 0 spiro atoms. The first-order valence-corrected chi connectivity index (χ1v) is 6.46. The van der Waals surface area contributed by atoms with Crippen molar-refractivity contribution in [2.75, 3.05) is 0 Å². The molecule has 0 fully saturated rings. The summed E-state index contributed by atoms with van der Waals surface area (Å²) in [7, 11) is 0. The van der Waals surface area contributed by atoms with E-state index in [0.29, 0.717) is 5.56 Å². The molecule has 0 bridgehead atoms. The largest absolute Gasteiger partial charge is 0.506 e. The van der Waals surface area contributed by atoms with Crippen molar-refractivity contribution in [3.8, 4) is 22.6 Å². The summed E-state index contributed by atoms with van der Waals surface area (Å²) in [6.07, 6.45) is -5.17. The highest BCUT2D eigenvalue weighted by molar-refractivity contribution is 6.34. The fraction of sp³-hybridized carbons (Fsp3) is 0.133. The van der Waals surface area contributed by atoms with Crippen molar-refractivity contribution in [2.45, 2.75) is 13.1 Å². The van der Waals surface area contributed by atoms with Gasteiger partial charge in [0.15, 0.2) is 5.75 Å². The van der Waals surface area contributed by atoms with E-state index < -0.39 is 28.7 Å². The topological polar surface area (TPSA) is 46.5 Å². The quantitative estimate of drug-likeness (QED) is 0.652. The zero-order valence-electron chi connectivity index (χ0n) is 11.2. The van der Waals surface area contributed by atoms with Crippen molar-refractivity contribution in [3.63, 3.8) is 0 Å². The lowest BCUT2D eigenvalue weighted by Crippen LogP contribution is -2.28. The molecule has 0 amide bonds. The van der Waals surface area contributed by atoms with Crippen molar-refractivity contribution in [1.82, 2.24) is 0 Å². The average Bonchev–Trinajstić information content (AvgIpc) is 2.44. The number of rotatable bonds is 2. The van der Waals surface area contributed by atoms with E-state index in [1.807, 2.05) is 0 Å². The van der Waals surface area contributed by atoms with Gasteiger partial charge in [0.05, 0.1) is 0 Å². The number of halogens is 4. The first kappa shape index (κ1) is 16.2. The summed E-state index contributed by atoms with van der Waals surface area (Å²) >= 11 is 5.80. The third kappa shape index (κ3) is 3.17. The van der Waals surface area contributed by atoms with Crippen molar-refractivity contribution >= 4 is 17.6 Å². The summed E-state index contributed by atoms with van der Waals surface area (Å²) < 4.78 is 41.6. The lowest BCUT2D eigenvalue weighted by molar-refractivity contribution is -0.189. The van der Waals surface area contributed by atoms with E-state index in [-0.39, 0.29) is 5.56 Å².